The predicted octanol–water partition coefficient (Wildman–Crippen LogP) is 4.37. The molecule has 0 bridgehead atoms. The van der Waals surface area contributed by atoms with Gasteiger partial charge in [0.05, 0.1) is 27.9 Å². The first-order valence-electron chi connectivity index (χ1n) is 11.1. The molecule has 2 aliphatic rings. The topological polar surface area (TPSA) is 95.8 Å². The zero-order valence-corrected chi connectivity index (χ0v) is 19.2. The van der Waals surface area contributed by atoms with Crippen LogP contribution in [0.3, 0.4) is 0 Å². The summed E-state index contributed by atoms with van der Waals surface area (Å²) in [4.78, 5) is 14.7. The minimum atomic E-state index is -4.35. The Morgan fingerprint density at radius 3 is 2.40 bits per heavy atom. The first kappa shape index (κ1) is 23.6. The molecule has 186 valence electrons. The van der Waals surface area contributed by atoms with Crippen LogP contribution in [0.5, 0.6) is 11.5 Å². The largest absolute Gasteiger partial charge is 0.485 e. The van der Waals surface area contributed by atoms with Crippen LogP contribution in [0.15, 0.2) is 39.5 Å². The molecule has 0 unspecified atom stereocenters. The summed E-state index contributed by atoms with van der Waals surface area (Å²) in [5, 5.41) is 4.64. The molecule has 3 aromatic rings. The molecule has 5 rings (SSSR count). The van der Waals surface area contributed by atoms with Gasteiger partial charge in [0.2, 0.25) is 0 Å². The second-order valence-corrected chi connectivity index (χ2v) is 8.90. The summed E-state index contributed by atoms with van der Waals surface area (Å²) in [5.74, 6) is 0.0934. The molecule has 2 aliphatic heterocycles. The van der Waals surface area contributed by atoms with Gasteiger partial charge in [0.15, 0.2) is 11.5 Å². The molecule has 35 heavy (non-hydrogen) atoms. The van der Waals surface area contributed by atoms with E-state index in [1.54, 1.807) is 0 Å². The number of piperidine rings is 1. The van der Waals surface area contributed by atoms with Gasteiger partial charge in [-0.3, -0.25) is 4.90 Å². The van der Waals surface area contributed by atoms with Crippen molar-refractivity contribution in [2.24, 2.45) is 0 Å². The highest BCUT2D eigenvalue weighted by Crippen LogP contribution is 2.46. The number of nitrogen functional groups attached to an aromatic ring is 1. The van der Waals surface area contributed by atoms with Crippen molar-refractivity contribution >= 4 is 17.3 Å². The van der Waals surface area contributed by atoms with E-state index in [2.05, 4.69) is 10.00 Å². The minimum absolute atomic E-state index is 0.0610. The lowest BCUT2D eigenvalue weighted by Gasteiger charge is -2.31. The molecule has 0 aliphatic carbocycles. The minimum Gasteiger partial charge on any atom is -0.485 e. The van der Waals surface area contributed by atoms with Gasteiger partial charge in [0.25, 0.3) is 5.89 Å². The highest BCUT2D eigenvalue weighted by atomic mass is 35.5. The third-order valence-electron chi connectivity index (χ3n) is 6.19. The molecule has 1 fully saturated rings. The number of fused-ring (bicyclic) bond motifs is 1. The number of nitrogens with two attached hydrogens (primary N) is 1. The zero-order chi connectivity index (χ0) is 24.7. The van der Waals surface area contributed by atoms with Crippen molar-refractivity contribution in [1.82, 2.24) is 14.7 Å². The van der Waals surface area contributed by atoms with Crippen LogP contribution in [0.4, 0.5) is 18.9 Å². The van der Waals surface area contributed by atoms with Crippen LogP contribution < -0.4 is 21.0 Å². The fourth-order valence-electron chi connectivity index (χ4n) is 4.36. The summed E-state index contributed by atoms with van der Waals surface area (Å²) in [5.41, 5.74) is 6.74. The fourth-order valence-corrected chi connectivity index (χ4v) is 4.56. The third-order valence-corrected chi connectivity index (χ3v) is 6.50. The number of rotatable bonds is 4. The van der Waals surface area contributed by atoms with E-state index >= 15 is 0 Å². The van der Waals surface area contributed by atoms with Gasteiger partial charge in [0.1, 0.15) is 13.2 Å². The van der Waals surface area contributed by atoms with Crippen molar-refractivity contribution in [3.8, 4) is 23.0 Å². The second kappa shape index (κ2) is 9.12. The molecule has 1 saturated heterocycles. The van der Waals surface area contributed by atoms with Crippen LogP contribution >= 0.6 is 11.6 Å². The van der Waals surface area contributed by atoms with Crippen LogP contribution in [-0.2, 0) is 12.7 Å². The van der Waals surface area contributed by atoms with Crippen molar-refractivity contribution in [3.05, 3.63) is 57.0 Å². The Hall–Kier alpha value is -3.18. The SMILES string of the molecule is Nc1c(Cl)cc(-c2nn(C3CCN(Cc4ccc(C(F)(F)F)cc4)CC3)c(=O)o2)c2c1OCCO2. The van der Waals surface area contributed by atoms with Crippen LogP contribution in [0.25, 0.3) is 11.5 Å². The van der Waals surface area contributed by atoms with Gasteiger partial charge in [-0.05, 0) is 36.6 Å². The number of ether oxygens (including phenoxy) is 2. The molecule has 2 aromatic carbocycles. The number of likely N-dealkylation sites (tertiary alicyclic amines) is 1. The van der Waals surface area contributed by atoms with Gasteiger partial charge >= 0.3 is 11.9 Å². The van der Waals surface area contributed by atoms with E-state index in [1.165, 1.54) is 22.9 Å². The van der Waals surface area contributed by atoms with Crippen molar-refractivity contribution in [3.63, 3.8) is 0 Å². The van der Waals surface area contributed by atoms with Crippen LogP contribution in [0.1, 0.15) is 30.0 Å². The summed E-state index contributed by atoms with van der Waals surface area (Å²) >= 11 is 6.23. The van der Waals surface area contributed by atoms with Crippen LogP contribution in [0.2, 0.25) is 5.02 Å². The first-order valence-corrected chi connectivity index (χ1v) is 11.4. The van der Waals surface area contributed by atoms with E-state index in [0.29, 0.717) is 62.8 Å². The van der Waals surface area contributed by atoms with Crippen molar-refractivity contribution in [2.45, 2.75) is 31.6 Å². The molecular weight excluding hydrogens is 489 g/mol. The van der Waals surface area contributed by atoms with Gasteiger partial charge < -0.3 is 19.6 Å². The van der Waals surface area contributed by atoms with Gasteiger partial charge in [-0.15, -0.1) is 5.10 Å². The molecule has 0 saturated carbocycles. The Kier molecular flexibility index (Phi) is 6.14. The lowest BCUT2D eigenvalue weighted by Crippen LogP contribution is -2.36. The maximum Gasteiger partial charge on any atom is 0.437 e. The molecule has 0 atom stereocenters. The van der Waals surface area contributed by atoms with Crippen LogP contribution in [0, 0.1) is 0 Å². The number of anilines is 1. The maximum absolute atomic E-state index is 12.8. The number of nitrogens with zero attached hydrogens (tertiary/aromatic N) is 3. The summed E-state index contributed by atoms with van der Waals surface area (Å²) in [6, 6.07) is 6.53. The highest BCUT2D eigenvalue weighted by Gasteiger charge is 2.31. The molecule has 12 heteroatoms. The summed E-state index contributed by atoms with van der Waals surface area (Å²) in [7, 11) is 0. The number of hydrogen-bond donors (Lipinski definition) is 1. The molecule has 0 radical (unpaired) electrons. The first-order chi connectivity index (χ1) is 16.7. The lowest BCUT2D eigenvalue weighted by molar-refractivity contribution is -0.137. The Labute approximate surface area is 203 Å². The molecule has 0 spiro atoms. The van der Waals surface area contributed by atoms with Gasteiger partial charge in [0, 0.05) is 19.6 Å². The number of aromatic nitrogens is 2. The van der Waals surface area contributed by atoms with E-state index < -0.39 is 17.5 Å². The van der Waals surface area contributed by atoms with Crippen LogP contribution in [-0.4, -0.2) is 41.0 Å². The number of alkyl halides is 3. The van der Waals surface area contributed by atoms with Crippen molar-refractivity contribution in [2.75, 3.05) is 32.0 Å². The van der Waals surface area contributed by atoms with E-state index in [-0.39, 0.29) is 22.6 Å². The Morgan fingerprint density at radius 1 is 1.09 bits per heavy atom. The van der Waals surface area contributed by atoms with Gasteiger partial charge in [-0.25, -0.2) is 4.79 Å². The average molecular weight is 511 g/mol. The molecule has 1 aromatic heterocycles. The molecular formula is C23H22ClF3N4O4. The average Bonchev–Trinajstić information content (AvgIpc) is 3.23. The van der Waals surface area contributed by atoms with E-state index in [1.807, 2.05) is 0 Å². The predicted molar refractivity (Wildman–Crippen MR) is 122 cm³/mol. The highest BCUT2D eigenvalue weighted by molar-refractivity contribution is 6.34. The van der Waals surface area contributed by atoms with E-state index in [9.17, 15) is 18.0 Å². The molecule has 3 heterocycles. The summed E-state index contributed by atoms with van der Waals surface area (Å²) < 4.78 is 56.3. The molecule has 2 N–H and O–H groups in total. The monoisotopic (exact) mass is 510 g/mol. The quantitative estimate of drug-likeness (QED) is 0.521. The second-order valence-electron chi connectivity index (χ2n) is 8.49. The Balaban J connectivity index is 1.29. The van der Waals surface area contributed by atoms with E-state index in [4.69, 9.17) is 31.2 Å². The fraction of sp³-hybridized carbons (Fsp3) is 0.391. The van der Waals surface area contributed by atoms with Gasteiger partial charge in [-0.1, -0.05) is 23.7 Å². The lowest BCUT2D eigenvalue weighted by atomic mass is 10.0. The molecule has 8 nitrogen and oxygen atoms in total. The molecule has 0 amide bonds. The third kappa shape index (κ3) is 4.70. The Bertz CT molecular complexity index is 1280. The number of benzene rings is 2. The van der Waals surface area contributed by atoms with E-state index in [0.717, 1.165) is 17.7 Å². The Morgan fingerprint density at radius 2 is 1.74 bits per heavy atom. The normalized spacial score (nSPS) is 17.0. The number of halogens is 4. The maximum atomic E-state index is 12.8. The standard InChI is InChI=1S/C23H22ClF3N4O4/c24-17-11-16(19-20(18(17)28)34-10-9-33-19)21-29-31(22(32)35-21)15-5-7-30(8-6-15)12-13-1-3-14(4-2-13)23(25,26)27/h1-4,11,15H,5-10,12,28H2. The summed E-state index contributed by atoms with van der Waals surface area (Å²) in [6.07, 6.45) is -3.09. The van der Waals surface area contributed by atoms with Crippen molar-refractivity contribution < 1.29 is 27.1 Å². The number of hydrogen-bond acceptors (Lipinski definition) is 7. The smallest absolute Gasteiger partial charge is 0.437 e. The van der Waals surface area contributed by atoms with Gasteiger partial charge in [-0.2, -0.15) is 17.9 Å². The van der Waals surface area contributed by atoms with Crippen molar-refractivity contribution in [1.29, 1.82) is 0 Å². The summed E-state index contributed by atoms with van der Waals surface area (Å²) in [6.45, 7) is 2.46. The zero-order valence-electron chi connectivity index (χ0n) is 18.5.